The molecule has 0 unspecified atom stereocenters. The van der Waals surface area contributed by atoms with Gasteiger partial charge >= 0.3 is 11.5 Å². The van der Waals surface area contributed by atoms with E-state index in [0.717, 1.165) is 6.08 Å². The van der Waals surface area contributed by atoms with Gasteiger partial charge in [-0.1, -0.05) is 0 Å². The molecule has 0 atom stereocenters. The molecule has 0 aromatic heterocycles. The first-order chi connectivity index (χ1) is 8.76. The average molecular weight is 291 g/mol. The molecule has 0 radical (unpaired) electrons. The number of carbonyl (C=O) groups is 2. The third-order valence-electron chi connectivity index (χ3n) is 1.73. The average Bonchev–Trinajstić information content (AvgIpc) is 2.27. The van der Waals surface area contributed by atoms with E-state index in [0.29, 0.717) is 6.08 Å². The molecule has 2 N–H and O–H groups in total. The van der Waals surface area contributed by atoms with E-state index in [2.05, 4.69) is 5.32 Å². The van der Waals surface area contributed by atoms with Crippen molar-refractivity contribution in [3.63, 3.8) is 0 Å². The molecule has 1 rings (SSSR count). The third-order valence-corrected chi connectivity index (χ3v) is 2.47. The molecule has 0 bridgehead atoms. The molecule has 1 aromatic rings. The molecule has 1 aromatic carbocycles. The summed E-state index contributed by atoms with van der Waals surface area (Å²) in [7, 11) is 0. The molecule has 19 heavy (non-hydrogen) atoms. The van der Waals surface area contributed by atoms with E-state index in [1.165, 1.54) is 24.3 Å². The molecule has 102 valence electrons. The molecule has 0 saturated carbocycles. The lowest BCUT2D eigenvalue weighted by Crippen LogP contribution is -2.08. The summed E-state index contributed by atoms with van der Waals surface area (Å²) < 4.78 is 36.2. The molecule has 0 heterocycles. The largest absolute Gasteiger partial charge is 0.478 e. The summed E-state index contributed by atoms with van der Waals surface area (Å²) in [5, 5.41) is 10.6. The highest BCUT2D eigenvalue weighted by atomic mass is 32.2. The van der Waals surface area contributed by atoms with Crippen LogP contribution in [0.25, 0.3) is 0 Å². The zero-order valence-electron chi connectivity index (χ0n) is 9.27. The first-order valence-electron chi connectivity index (χ1n) is 4.84. The lowest BCUT2D eigenvalue weighted by molar-refractivity contribution is -0.131. The number of thioether (sulfide) groups is 1. The Morgan fingerprint density at radius 3 is 2.21 bits per heavy atom. The number of carbonyl (C=O) groups excluding carboxylic acids is 1. The molecule has 4 nitrogen and oxygen atoms in total. The fraction of sp³-hybridized carbons (Fsp3) is 0.0909. The number of aliphatic carboxylic acids is 1. The minimum atomic E-state index is -4.37. The van der Waals surface area contributed by atoms with Gasteiger partial charge in [-0.25, -0.2) is 4.79 Å². The molecule has 0 fully saturated rings. The minimum Gasteiger partial charge on any atom is -0.478 e. The molecule has 0 aliphatic heterocycles. The molecular formula is C11H8F3NO3S. The fourth-order valence-electron chi connectivity index (χ4n) is 1.07. The first kappa shape index (κ1) is 15.1. The highest BCUT2D eigenvalue weighted by Crippen LogP contribution is 2.36. The Bertz CT molecular complexity index is 497. The van der Waals surface area contributed by atoms with Crippen molar-refractivity contribution >= 4 is 29.3 Å². The predicted molar refractivity (Wildman–Crippen MR) is 63.8 cm³/mol. The van der Waals surface area contributed by atoms with Crippen molar-refractivity contribution in [3.05, 3.63) is 36.4 Å². The van der Waals surface area contributed by atoms with E-state index in [-0.39, 0.29) is 22.3 Å². The first-order valence-corrected chi connectivity index (χ1v) is 5.66. The molecule has 0 aliphatic carbocycles. The summed E-state index contributed by atoms with van der Waals surface area (Å²) in [6.45, 7) is 0. The lowest BCUT2D eigenvalue weighted by atomic mass is 10.3. The Kier molecular flexibility index (Phi) is 4.99. The van der Waals surface area contributed by atoms with Gasteiger partial charge in [0.15, 0.2) is 0 Å². The number of halogens is 3. The van der Waals surface area contributed by atoms with Crippen LogP contribution in [0.2, 0.25) is 0 Å². The second-order valence-corrected chi connectivity index (χ2v) is 4.37. The number of hydrogen-bond acceptors (Lipinski definition) is 3. The zero-order chi connectivity index (χ0) is 14.5. The van der Waals surface area contributed by atoms with E-state index in [4.69, 9.17) is 5.11 Å². The van der Waals surface area contributed by atoms with E-state index in [1.807, 2.05) is 0 Å². The third kappa shape index (κ3) is 6.51. The van der Waals surface area contributed by atoms with Crippen molar-refractivity contribution in [1.82, 2.24) is 0 Å². The van der Waals surface area contributed by atoms with Crippen LogP contribution in [0.3, 0.4) is 0 Å². The topological polar surface area (TPSA) is 66.4 Å². The Labute approximate surface area is 110 Å². The smallest absolute Gasteiger partial charge is 0.446 e. The Balaban J connectivity index is 2.62. The van der Waals surface area contributed by atoms with Gasteiger partial charge in [0.25, 0.3) is 0 Å². The Hall–Kier alpha value is -1.96. The predicted octanol–water partition coefficient (Wildman–Crippen LogP) is 2.88. The van der Waals surface area contributed by atoms with E-state index >= 15 is 0 Å². The maximum atomic E-state index is 12.1. The van der Waals surface area contributed by atoms with Gasteiger partial charge < -0.3 is 10.4 Å². The summed E-state index contributed by atoms with van der Waals surface area (Å²) in [6.07, 6.45) is 1.46. The second-order valence-electron chi connectivity index (χ2n) is 3.23. The van der Waals surface area contributed by atoms with Gasteiger partial charge in [0.1, 0.15) is 0 Å². The van der Waals surface area contributed by atoms with Gasteiger partial charge in [-0.3, -0.25) is 4.79 Å². The normalized spacial score (nSPS) is 11.5. The number of carboxylic acid groups (broad SMARTS) is 1. The molecule has 0 aliphatic rings. The molecule has 0 spiro atoms. The van der Waals surface area contributed by atoms with Crippen LogP contribution < -0.4 is 5.32 Å². The fourth-order valence-corrected chi connectivity index (χ4v) is 1.61. The lowest BCUT2D eigenvalue weighted by Gasteiger charge is -2.06. The number of amides is 1. The van der Waals surface area contributed by atoms with Crippen LogP contribution >= 0.6 is 11.8 Å². The van der Waals surface area contributed by atoms with Gasteiger partial charge in [0.05, 0.1) is 0 Å². The van der Waals surface area contributed by atoms with E-state index in [9.17, 15) is 22.8 Å². The van der Waals surface area contributed by atoms with Gasteiger partial charge in [-0.2, -0.15) is 13.2 Å². The zero-order valence-corrected chi connectivity index (χ0v) is 10.1. The van der Waals surface area contributed by atoms with Gasteiger partial charge in [0, 0.05) is 22.7 Å². The van der Waals surface area contributed by atoms with Crippen LogP contribution in [0, 0.1) is 0 Å². The van der Waals surface area contributed by atoms with E-state index in [1.54, 1.807) is 0 Å². The monoisotopic (exact) mass is 291 g/mol. The number of nitrogens with one attached hydrogen (secondary N) is 1. The van der Waals surface area contributed by atoms with Crippen LogP contribution in [0.15, 0.2) is 41.3 Å². The molecule has 0 saturated heterocycles. The Morgan fingerprint density at radius 2 is 1.74 bits per heavy atom. The highest BCUT2D eigenvalue weighted by molar-refractivity contribution is 8.00. The number of benzene rings is 1. The maximum Gasteiger partial charge on any atom is 0.446 e. The molecule has 8 heteroatoms. The summed E-state index contributed by atoms with van der Waals surface area (Å²) in [5.74, 6) is -1.95. The second kappa shape index (κ2) is 6.28. The number of rotatable bonds is 4. The minimum absolute atomic E-state index is 0.00780. The highest BCUT2D eigenvalue weighted by Gasteiger charge is 2.28. The summed E-state index contributed by atoms with van der Waals surface area (Å²) in [5.41, 5.74) is -4.10. The summed E-state index contributed by atoms with van der Waals surface area (Å²) in [4.78, 5) is 21.3. The maximum absolute atomic E-state index is 12.1. The Morgan fingerprint density at radius 1 is 1.16 bits per heavy atom. The van der Waals surface area contributed by atoms with E-state index < -0.39 is 17.4 Å². The van der Waals surface area contributed by atoms with Gasteiger partial charge in [-0.05, 0) is 36.0 Å². The number of hydrogen-bond donors (Lipinski definition) is 2. The quantitative estimate of drug-likeness (QED) is 0.661. The summed E-state index contributed by atoms with van der Waals surface area (Å²) >= 11 is -0.262. The molecular weight excluding hydrogens is 283 g/mol. The van der Waals surface area contributed by atoms with Crippen molar-refractivity contribution < 1.29 is 27.9 Å². The van der Waals surface area contributed by atoms with Crippen molar-refractivity contribution in [2.75, 3.05) is 5.32 Å². The van der Waals surface area contributed by atoms with Crippen molar-refractivity contribution in [2.45, 2.75) is 10.4 Å². The van der Waals surface area contributed by atoms with Crippen LogP contribution in [-0.2, 0) is 9.59 Å². The SMILES string of the molecule is O=C(O)/C=C/C(=O)Nc1ccc(SC(F)(F)F)cc1. The van der Waals surface area contributed by atoms with Crippen molar-refractivity contribution in [2.24, 2.45) is 0 Å². The molecule has 1 amide bonds. The number of carboxylic acids is 1. The van der Waals surface area contributed by atoms with Gasteiger partial charge in [-0.15, -0.1) is 0 Å². The van der Waals surface area contributed by atoms with Crippen LogP contribution in [0.5, 0.6) is 0 Å². The summed E-state index contributed by atoms with van der Waals surface area (Å²) in [6, 6.07) is 4.99. The number of alkyl halides is 3. The van der Waals surface area contributed by atoms with Crippen LogP contribution in [-0.4, -0.2) is 22.5 Å². The van der Waals surface area contributed by atoms with Gasteiger partial charge in [0.2, 0.25) is 5.91 Å². The van der Waals surface area contributed by atoms with Crippen molar-refractivity contribution in [1.29, 1.82) is 0 Å². The van der Waals surface area contributed by atoms with Crippen LogP contribution in [0.1, 0.15) is 0 Å². The number of anilines is 1. The van der Waals surface area contributed by atoms with Crippen molar-refractivity contribution in [3.8, 4) is 0 Å². The van der Waals surface area contributed by atoms with Crippen LogP contribution in [0.4, 0.5) is 18.9 Å². The standard InChI is InChI=1S/C11H8F3NO3S/c12-11(13,14)19-8-3-1-7(2-4-8)15-9(16)5-6-10(17)18/h1-6H,(H,15,16)(H,17,18)/b6-5+.